The maximum Gasteiger partial charge on any atom is 0.137 e. The third-order valence-corrected chi connectivity index (χ3v) is 11.7. The van der Waals surface area contributed by atoms with Crippen molar-refractivity contribution < 1.29 is 4.74 Å². The van der Waals surface area contributed by atoms with Gasteiger partial charge in [0.25, 0.3) is 0 Å². The number of rotatable bonds is 5. The van der Waals surface area contributed by atoms with Gasteiger partial charge in [0.1, 0.15) is 29.8 Å². The average Bonchev–Trinajstić information content (AvgIpc) is 3.85. The molecule has 2 aliphatic heterocycles. The fraction of sp³-hybridized carbons (Fsp3) is 0.265. The minimum Gasteiger partial charge on any atom is -0.457 e. The highest BCUT2D eigenvalue weighted by atomic mass is 16.5. The summed E-state index contributed by atoms with van der Waals surface area (Å²) < 4.78 is 11.4. The molecule has 0 atom stereocenters. The summed E-state index contributed by atoms with van der Waals surface area (Å²) in [5.74, 6) is 3.66. The van der Waals surface area contributed by atoms with Crippen LogP contribution in [0.2, 0.25) is 0 Å². The minimum atomic E-state index is 0.00356. The van der Waals surface area contributed by atoms with Gasteiger partial charge in [-0.25, -0.2) is 9.97 Å². The molecular weight excluding hydrogens is 689 g/mol. The first kappa shape index (κ1) is 34.4. The molecule has 8 aromatic rings. The van der Waals surface area contributed by atoms with Gasteiger partial charge in [0, 0.05) is 53.4 Å². The van der Waals surface area contributed by atoms with Gasteiger partial charge in [-0.05, 0) is 102 Å². The van der Waals surface area contributed by atoms with Gasteiger partial charge in [0.05, 0.1) is 33.4 Å². The fourth-order valence-electron chi connectivity index (χ4n) is 8.62. The number of aromatic nitrogens is 4. The fourth-order valence-corrected chi connectivity index (χ4v) is 8.62. The van der Waals surface area contributed by atoms with Crippen molar-refractivity contribution in [3.8, 4) is 17.3 Å². The molecule has 0 N–H and O–H groups in total. The molecule has 0 saturated heterocycles. The SMILES string of the molecule is CC(C)(C)c1ccc(N2CN(c3cccc(Oc4ccc5c6ccccc6n(-c6cc(C(C)(C)C)ccn6)c5c4)c3)c3cc4nc5n(c4cc32)CCCC5)cc1. The zero-order valence-electron chi connectivity index (χ0n) is 33.2. The number of ether oxygens (including phenoxy) is 1. The van der Waals surface area contributed by atoms with Crippen molar-refractivity contribution >= 4 is 55.6 Å². The molecule has 7 heteroatoms. The summed E-state index contributed by atoms with van der Waals surface area (Å²) in [7, 11) is 0. The van der Waals surface area contributed by atoms with Crippen LogP contribution in [-0.4, -0.2) is 25.8 Å². The molecule has 0 radical (unpaired) electrons. The Kier molecular flexibility index (Phi) is 7.83. The molecule has 0 amide bonds. The molecule has 56 heavy (non-hydrogen) atoms. The van der Waals surface area contributed by atoms with Crippen molar-refractivity contribution in [2.24, 2.45) is 0 Å². The van der Waals surface area contributed by atoms with Crippen molar-refractivity contribution in [2.75, 3.05) is 16.5 Å². The van der Waals surface area contributed by atoms with E-state index < -0.39 is 0 Å². The third kappa shape index (κ3) is 5.80. The smallest absolute Gasteiger partial charge is 0.137 e. The van der Waals surface area contributed by atoms with E-state index in [0.29, 0.717) is 6.67 Å². The molecule has 7 nitrogen and oxygen atoms in total. The van der Waals surface area contributed by atoms with Gasteiger partial charge in [-0.15, -0.1) is 0 Å². The Morgan fingerprint density at radius 2 is 1.34 bits per heavy atom. The monoisotopic (exact) mass is 736 g/mol. The van der Waals surface area contributed by atoms with Crippen molar-refractivity contribution in [1.82, 2.24) is 19.1 Å². The van der Waals surface area contributed by atoms with Crippen LogP contribution in [0.25, 0.3) is 38.7 Å². The van der Waals surface area contributed by atoms with Gasteiger partial charge in [0.15, 0.2) is 0 Å². The van der Waals surface area contributed by atoms with Crippen molar-refractivity contribution in [3.05, 3.63) is 138 Å². The number of pyridine rings is 1. The van der Waals surface area contributed by atoms with E-state index in [1.165, 1.54) is 57.5 Å². The number of anilines is 4. The third-order valence-electron chi connectivity index (χ3n) is 11.7. The maximum atomic E-state index is 6.73. The summed E-state index contributed by atoms with van der Waals surface area (Å²) in [5, 5.41) is 2.36. The van der Waals surface area contributed by atoms with E-state index in [0.717, 1.165) is 58.2 Å². The number of nitrogens with zero attached hydrogens (tertiary/aromatic N) is 6. The zero-order chi connectivity index (χ0) is 38.3. The Bertz CT molecular complexity index is 2800. The average molecular weight is 737 g/mol. The molecule has 2 aliphatic rings. The van der Waals surface area contributed by atoms with Crippen LogP contribution in [0.4, 0.5) is 22.7 Å². The lowest BCUT2D eigenvalue weighted by molar-refractivity contribution is 0.483. The molecule has 5 aromatic carbocycles. The zero-order valence-corrected chi connectivity index (χ0v) is 33.2. The molecule has 0 fully saturated rings. The van der Waals surface area contributed by atoms with Crippen molar-refractivity contribution in [2.45, 2.75) is 78.2 Å². The van der Waals surface area contributed by atoms with Crippen molar-refractivity contribution in [1.29, 1.82) is 0 Å². The van der Waals surface area contributed by atoms with Crippen LogP contribution in [0.1, 0.15) is 71.3 Å². The number of fused-ring (bicyclic) bond motifs is 7. The van der Waals surface area contributed by atoms with E-state index in [2.05, 4.69) is 170 Å². The number of imidazole rings is 1. The molecule has 0 spiro atoms. The molecule has 3 aromatic heterocycles. The van der Waals surface area contributed by atoms with Crippen LogP contribution in [0, 0.1) is 0 Å². The summed E-state index contributed by atoms with van der Waals surface area (Å²) >= 11 is 0. The van der Waals surface area contributed by atoms with E-state index >= 15 is 0 Å². The lowest BCUT2D eigenvalue weighted by Gasteiger charge is -2.24. The first-order valence-electron chi connectivity index (χ1n) is 20.0. The van der Waals surface area contributed by atoms with Gasteiger partial charge >= 0.3 is 0 Å². The van der Waals surface area contributed by atoms with Crippen LogP contribution >= 0.6 is 0 Å². The highest BCUT2D eigenvalue weighted by Crippen LogP contribution is 2.47. The summed E-state index contributed by atoms with van der Waals surface area (Å²) in [4.78, 5) is 14.8. The quantitative estimate of drug-likeness (QED) is 0.176. The van der Waals surface area contributed by atoms with Crippen molar-refractivity contribution in [3.63, 3.8) is 0 Å². The van der Waals surface area contributed by atoms with Crippen LogP contribution in [-0.2, 0) is 23.8 Å². The molecule has 0 aliphatic carbocycles. The number of benzene rings is 5. The van der Waals surface area contributed by atoms with E-state index in [9.17, 15) is 0 Å². The lowest BCUT2D eigenvalue weighted by Crippen LogP contribution is -2.24. The molecule has 5 heterocycles. The summed E-state index contributed by atoms with van der Waals surface area (Å²) in [6.45, 7) is 15.2. The highest BCUT2D eigenvalue weighted by Gasteiger charge is 2.31. The predicted molar refractivity (Wildman–Crippen MR) is 231 cm³/mol. The number of aryl methyl sites for hydroxylation is 2. The largest absolute Gasteiger partial charge is 0.457 e. The Morgan fingerprint density at radius 1 is 0.589 bits per heavy atom. The normalized spacial score (nSPS) is 14.5. The van der Waals surface area contributed by atoms with Crippen LogP contribution in [0.15, 0.2) is 121 Å². The first-order chi connectivity index (χ1) is 27.0. The van der Waals surface area contributed by atoms with Crippen LogP contribution in [0.3, 0.4) is 0 Å². The van der Waals surface area contributed by atoms with Gasteiger partial charge in [-0.3, -0.25) is 4.57 Å². The maximum absolute atomic E-state index is 6.73. The topological polar surface area (TPSA) is 51.4 Å². The van der Waals surface area contributed by atoms with E-state index in [1.807, 2.05) is 12.3 Å². The second-order valence-electron chi connectivity index (χ2n) is 17.5. The van der Waals surface area contributed by atoms with E-state index in [4.69, 9.17) is 14.7 Å². The van der Waals surface area contributed by atoms with E-state index in [1.54, 1.807) is 0 Å². The number of hydrogen-bond donors (Lipinski definition) is 0. The van der Waals surface area contributed by atoms with Gasteiger partial charge in [-0.2, -0.15) is 0 Å². The number of para-hydroxylation sites is 1. The highest BCUT2D eigenvalue weighted by molar-refractivity contribution is 6.09. The number of hydrogen-bond acceptors (Lipinski definition) is 5. The molecule has 280 valence electrons. The van der Waals surface area contributed by atoms with Gasteiger partial charge in [0.2, 0.25) is 0 Å². The van der Waals surface area contributed by atoms with Crippen LogP contribution < -0.4 is 14.5 Å². The Labute approximate surface area is 328 Å². The Balaban J connectivity index is 1.03. The summed E-state index contributed by atoms with van der Waals surface area (Å²) in [6, 6.07) is 41.5. The molecule has 0 unspecified atom stereocenters. The van der Waals surface area contributed by atoms with Gasteiger partial charge < -0.3 is 19.1 Å². The molecule has 10 rings (SSSR count). The Hall–Kier alpha value is -6.08. The second kappa shape index (κ2) is 12.7. The molecule has 0 bridgehead atoms. The molecular formula is C49H48N6O. The minimum absolute atomic E-state index is 0.00356. The standard InChI is InChI=1S/C49H48N6O/c1-48(2,3)32-17-19-34(20-18-32)53-31-54(44-29-40-43(30-45(44)53)52-25-10-9-16-46(52)51-40)35-12-11-13-36(27-35)56-37-21-22-39-38-14-7-8-15-41(38)55(42(39)28-37)47-26-33(23-24-50-47)49(4,5)6/h7-8,11-15,17-24,26-30H,9-10,16,25,31H2,1-6H3. The molecule has 0 saturated carbocycles. The first-order valence-corrected chi connectivity index (χ1v) is 20.0. The van der Waals surface area contributed by atoms with Gasteiger partial charge in [-0.1, -0.05) is 77.9 Å². The second-order valence-corrected chi connectivity index (χ2v) is 17.5. The van der Waals surface area contributed by atoms with E-state index in [-0.39, 0.29) is 10.8 Å². The van der Waals surface area contributed by atoms with Crippen LogP contribution in [0.5, 0.6) is 11.5 Å². The predicted octanol–water partition coefficient (Wildman–Crippen LogP) is 12.5. The summed E-state index contributed by atoms with van der Waals surface area (Å²) in [5.41, 5.74) is 11.7. The lowest BCUT2D eigenvalue weighted by atomic mass is 9.87. The summed E-state index contributed by atoms with van der Waals surface area (Å²) in [6.07, 6.45) is 5.35. The Morgan fingerprint density at radius 3 is 2.16 bits per heavy atom.